The normalized spacial score (nSPS) is 11.3. The number of nitrogens with one attached hydrogen (secondary N) is 1. The van der Waals surface area contributed by atoms with Gasteiger partial charge in [0.1, 0.15) is 5.75 Å². The van der Waals surface area contributed by atoms with Gasteiger partial charge in [-0.15, -0.1) is 0 Å². The number of carbonyl (C=O) groups is 1. The number of methoxy groups -OCH3 is 1. The maximum Gasteiger partial charge on any atom is 1.00 e. The summed E-state index contributed by atoms with van der Waals surface area (Å²) >= 11 is 3.20. The number of hydrogen-bond acceptors (Lipinski definition) is 4. The van der Waals surface area contributed by atoms with Gasteiger partial charge in [0.25, 0.3) is 5.91 Å². The van der Waals surface area contributed by atoms with Crippen LogP contribution in [0.5, 0.6) is 5.75 Å². The number of halogens is 1. The van der Waals surface area contributed by atoms with Crippen molar-refractivity contribution in [2.75, 3.05) is 14.2 Å². The predicted octanol–water partition coefficient (Wildman–Crippen LogP) is -2.05. The third-order valence-electron chi connectivity index (χ3n) is 1.87. The zero-order chi connectivity index (χ0) is 12.3. The van der Waals surface area contributed by atoms with Crippen LogP contribution >= 0.6 is 11.6 Å². The van der Waals surface area contributed by atoms with Gasteiger partial charge >= 0.3 is 29.6 Å². The first-order chi connectivity index (χ1) is 7.51. The summed E-state index contributed by atoms with van der Waals surface area (Å²) < 4.78 is 26.8. The summed E-state index contributed by atoms with van der Waals surface area (Å²) in [7, 11) is 2.71. The molecular formula is C9H9ClNNaO4S. The molecule has 0 aliphatic carbocycles. The maximum atomic E-state index is 11.5. The molecule has 1 atom stereocenters. The van der Waals surface area contributed by atoms with Crippen LogP contribution in [0, 0.1) is 0 Å². The molecule has 0 bridgehead atoms. The summed E-state index contributed by atoms with van der Waals surface area (Å²) in [5.74, 6) is -0.483. The number of benzene rings is 1. The van der Waals surface area contributed by atoms with Crippen LogP contribution in [-0.2, 0) is 11.1 Å². The topological polar surface area (TPSA) is 78.5 Å². The Balaban J connectivity index is 0.00000256. The fraction of sp³-hybridized carbons (Fsp3) is 0.222. The summed E-state index contributed by atoms with van der Waals surface area (Å²) in [5, 5.41) is 2.52. The van der Waals surface area contributed by atoms with Crippen LogP contribution in [-0.4, -0.2) is 28.8 Å². The Morgan fingerprint density at radius 1 is 1.53 bits per heavy atom. The number of ether oxygens (including phenoxy) is 1. The Morgan fingerprint density at radius 3 is 2.53 bits per heavy atom. The van der Waals surface area contributed by atoms with E-state index in [9.17, 15) is 13.6 Å². The Kier molecular flexibility index (Phi) is 7.30. The standard InChI is InChI=1S/C9H10ClNO4S.Na/c1-11-9(12)6-3-5(10)4-7(16(13)14)8(6)15-2;/h3-4H,1-2H3,(H,11,12)(H,13,14);/q;+1/p-1. The second-order valence-corrected chi connectivity index (χ2v) is 4.14. The zero-order valence-corrected chi connectivity index (χ0v) is 13.1. The minimum absolute atomic E-state index is 0. The van der Waals surface area contributed by atoms with Crippen molar-refractivity contribution in [3.05, 3.63) is 22.7 Å². The molecule has 88 valence electrons. The van der Waals surface area contributed by atoms with E-state index in [1.165, 1.54) is 26.3 Å². The molecular weight excluding hydrogens is 277 g/mol. The van der Waals surface area contributed by atoms with E-state index >= 15 is 0 Å². The Hall–Kier alpha value is -0.110. The van der Waals surface area contributed by atoms with Crippen molar-refractivity contribution in [1.82, 2.24) is 5.32 Å². The van der Waals surface area contributed by atoms with Crippen molar-refractivity contribution in [2.45, 2.75) is 4.90 Å². The Labute approximate surface area is 128 Å². The monoisotopic (exact) mass is 285 g/mol. The van der Waals surface area contributed by atoms with E-state index in [0.717, 1.165) is 0 Å². The van der Waals surface area contributed by atoms with Gasteiger partial charge < -0.3 is 14.6 Å². The SMILES string of the molecule is CNC(=O)c1cc(Cl)cc(S(=O)[O-])c1OC.[Na+]. The molecule has 0 saturated heterocycles. The molecule has 0 aliphatic rings. The Bertz CT molecular complexity index is 455. The molecule has 0 aliphatic heterocycles. The Morgan fingerprint density at radius 2 is 2.12 bits per heavy atom. The van der Waals surface area contributed by atoms with Gasteiger partial charge in [-0.1, -0.05) is 11.6 Å². The van der Waals surface area contributed by atoms with Gasteiger partial charge in [-0.3, -0.25) is 9.00 Å². The van der Waals surface area contributed by atoms with Crippen LogP contribution in [0.25, 0.3) is 0 Å². The number of amides is 1. The molecule has 17 heavy (non-hydrogen) atoms. The van der Waals surface area contributed by atoms with Crippen LogP contribution in [0.1, 0.15) is 10.4 Å². The van der Waals surface area contributed by atoms with E-state index < -0.39 is 17.0 Å². The first kappa shape index (κ1) is 16.9. The molecule has 1 N–H and O–H groups in total. The fourth-order valence-corrected chi connectivity index (χ4v) is 2.06. The fourth-order valence-electron chi connectivity index (χ4n) is 1.21. The van der Waals surface area contributed by atoms with E-state index in [1.807, 2.05) is 0 Å². The van der Waals surface area contributed by atoms with E-state index in [4.69, 9.17) is 16.3 Å². The van der Waals surface area contributed by atoms with Crippen molar-refractivity contribution in [2.24, 2.45) is 0 Å². The summed E-state index contributed by atoms with van der Waals surface area (Å²) in [6.07, 6.45) is 0. The molecule has 1 unspecified atom stereocenters. The molecule has 0 spiro atoms. The molecule has 0 heterocycles. The molecule has 0 radical (unpaired) electrons. The van der Waals surface area contributed by atoms with E-state index in [2.05, 4.69) is 5.32 Å². The average Bonchev–Trinajstić information content (AvgIpc) is 2.26. The zero-order valence-electron chi connectivity index (χ0n) is 9.57. The van der Waals surface area contributed by atoms with Crippen LogP contribution in [0.15, 0.2) is 17.0 Å². The summed E-state index contributed by atoms with van der Waals surface area (Å²) in [6, 6.07) is 2.56. The summed E-state index contributed by atoms with van der Waals surface area (Å²) in [5.41, 5.74) is 0.0803. The first-order valence-electron chi connectivity index (χ1n) is 4.20. The van der Waals surface area contributed by atoms with Crippen molar-refractivity contribution < 1.29 is 47.9 Å². The van der Waals surface area contributed by atoms with Gasteiger partial charge in [-0.25, -0.2) is 0 Å². The molecule has 1 aromatic carbocycles. The molecule has 5 nitrogen and oxygen atoms in total. The van der Waals surface area contributed by atoms with Gasteiger partial charge in [0.2, 0.25) is 0 Å². The van der Waals surface area contributed by atoms with Crippen LogP contribution in [0.2, 0.25) is 5.02 Å². The molecule has 0 fully saturated rings. The van der Waals surface area contributed by atoms with Crippen LogP contribution in [0.4, 0.5) is 0 Å². The van der Waals surface area contributed by atoms with E-state index in [-0.39, 0.29) is 50.8 Å². The first-order valence-corrected chi connectivity index (χ1v) is 5.65. The van der Waals surface area contributed by atoms with Crippen molar-refractivity contribution in [1.29, 1.82) is 0 Å². The largest absolute Gasteiger partial charge is 1.00 e. The number of hydrogen-bond donors (Lipinski definition) is 1. The smallest absolute Gasteiger partial charge is 0.768 e. The van der Waals surface area contributed by atoms with E-state index in [0.29, 0.717) is 0 Å². The molecule has 0 aromatic heterocycles. The quantitative estimate of drug-likeness (QED) is 0.512. The van der Waals surface area contributed by atoms with Crippen LogP contribution in [0.3, 0.4) is 0 Å². The predicted molar refractivity (Wildman–Crippen MR) is 58.6 cm³/mol. The van der Waals surface area contributed by atoms with Crippen LogP contribution < -0.4 is 39.6 Å². The third-order valence-corrected chi connectivity index (χ3v) is 2.76. The van der Waals surface area contributed by atoms with Gasteiger partial charge in [0, 0.05) is 12.1 Å². The van der Waals surface area contributed by atoms with Crippen molar-refractivity contribution in [3.8, 4) is 5.75 Å². The van der Waals surface area contributed by atoms with Gasteiger partial charge in [0.05, 0.1) is 17.6 Å². The third kappa shape index (κ3) is 3.94. The summed E-state index contributed by atoms with van der Waals surface area (Å²) in [6.45, 7) is 0. The molecule has 1 rings (SSSR count). The molecule has 8 heteroatoms. The molecule has 1 aromatic rings. The second-order valence-electron chi connectivity index (χ2n) is 2.80. The number of carbonyl (C=O) groups excluding carboxylic acids is 1. The minimum atomic E-state index is -2.52. The summed E-state index contributed by atoms with van der Waals surface area (Å²) in [4.78, 5) is 11.3. The average molecular weight is 286 g/mol. The number of rotatable bonds is 3. The second kappa shape index (κ2) is 7.35. The minimum Gasteiger partial charge on any atom is -0.768 e. The van der Waals surface area contributed by atoms with Crippen molar-refractivity contribution >= 4 is 28.6 Å². The molecule has 0 saturated carbocycles. The molecule has 1 amide bonds. The van der Waals surface area contributed by atoms with Gasteiger partial charge in [0.15, 0.2) is 0 Å². The maximum absolute atomic E-state index is 11.5. The van der Waals surface area contributed by atoms with Gasteiger partial charge in [-0.2, -0.15) is 0 Å². The van der Waals surface area contributed by atoms with Gasteiger partial charge in [-0.05, 0) is 23.2 Å². The van der Waals surface area contributed by atoms with E-state index in [1.54, 1.807) is 0 Å². The van der Waals surface area contributed by atoms with Crippen molar-refractivity contribution in [3.63, 3.8) is 0 Å².